The Morgan fingerprint density at radius 3 is 2.24 bits per heavy atom. The molecule has 0 saturated carbocycles. The average molecular weight is 301 g/mol. The Bertz CT molecular complexity index is 851. The summed E-state index contributed by atoms with van der Waals surface area (Å²) in [5.41, 5.74) is 1.46. The number of hydrogen-bond donors (Lipinski definition) is 0. The highest BCUT2D eigenvalue weighted by Gasteiger charge is 2.22. The molecule has 1 aromatic carbocycles. The summed E-state index contributed by atoms with van der Waals surface area (Å²) in [7, 11) is -1.06. The normalized spacial score (nSPS) is 11.1. The molecule has 2 rings (SSSR count). The fourth-order valence-corrected chi connectivity index (χ4v) is 2.53. The van der Waals surface area contributed by atoms with Gasteiger partial charge in [-0.3, -0.25) is 0 Å². The molecule has 0 fully saturated rings. The van der Waals surface area contributed by atoms with E-state index >= 15 is 0 Å². The summed E-state index contributed by atoms with van der Waals surface area (Å²) in [5, 5.41) is 17.8. The van der Waals surface area contributed by atoms with Crippen LogP contribution in [0, 0.1) is 22.7 Å². The molecule has 0 N–H and O–H groups in total. The van der Waals surface area contributed by atoms with E-state index in [4.69, 9.17) is 10.5 Å². The summed E-state index contributed by atoms with van der Waals surface area (Å²) in [5.74, 6) is -0.219. The molecule has 0 amide bonds. The maximum atomic E-state index is 12.1. The molecule has 0 atom stereocenters. The van der Waals surface area contributed by atoms with Gasteiger partial charge in [0.2, 0.25) is 5.82 Å². The van der Waals surface area contributed by atoms with Crippen LogP contribution in [0.5, 0.6) is 0 Å². The van der Waals surface area contributed by atoms with E-state index in [0.29, 0.717) is 16.8 Å². The fraction of sp³-hybridized carbons (Fsp3) is 0.154. The monoisotopic (exact) mass is 301 g/mol. The molecule has 2 aromatic rings. The third kappa shape index (κ3) is 2.63. The Morgan fingerprint density at radius 1 is 1.14 bits per heavy atom. The minimum absolute atomic E-state index is 0.219. The standard InChI is InChI=1S/C13H11N5O2S/c1-17(2)21(19,20)18-9-12(16-13(18)8-15)11-5-3-10(7-14)4-6-11/h3-6,9H,1-2H3. The van der Waals surface area contributed by atoms with E-state index < -0.39 is 10.2 Å². The Hall–Kier alpha value is -2.68. The molecule has 21 heavy (non-hydrogen) atoms. The molecular weight excluding hydrogens is 290 g/mol. The molecule has 8 heteroatoms. The van der Waals surface area contributed by atoms with Gasteiger partial charge in [-0.05, 0) is 12.1 Å². The minimum Gasteiger partial charge on any atom is -0.218 e. The minimum atomic E-state index is -3.81. The zero-order chi connectivity index (χ0) is 15.6. The fourth-order valence-electron chi connectivity index (χ4n) is 1.65. The maximum Gasteiger partial charge on any atom is 0.309 e. The van der Waals surface area contributed by atoms with Crippen molar-refractivity contribution in [2.45, 2.75) is 0 Å². The maximum absolute atomic E-state index is 12.1. The van der Waals surface area contributed by atoms with Crippen LogP contribution in [0.1, 0.15) is 11.4 Å². The Labute approximate surface area is 122 Å². The lowest BCUT2D eigenvalue weighted by molar-refractivity contribution is 0.510. The highest BCUT2D eigenvalue weighted by molar-refractivity contribution is 7.87. The van der Waals surface area contributed by atoms with Crippen molar-refractivity contribution in [2.75, 3.05) is 14.1 Å². The van der Waals surface area contributed by atoms with Gasteiger partial charge in [0.25, 0.3) is 0 Å². The molecule has 0 bridgehead atoms. The zero-order valence-corrected chi connectivity index (χ0v) is 12.2. The number of aromatic nitrogens is 2. The molecule has 0 radical (unpaired) electrons. The van der Waals surface area contributed by atoms with Crippen molar-refractivity contribution in [2.24, 2.45) is 0 Å². The number of rotatable bonds is 3. The van der Waals surface area contributed by atoms with Crippen LogP contribution in [-0.4, -0.2) is 35.8 Å². The average Bonchev–Trinajstić information content (AvgIpc) is 2.92. The predicted molar refractivity (Wildman–Crippen MR) is 75.1 cm³/mol. The highest BCUT2D eigenvalue weighted by Crippen LogP contribution is 2.20. The molecular formula is C13H11N5O2S. The molecule has 0 aliphatic rings. The second-order valence-corrected chi connectivity index (χ2v) is 6.36. The number of benzene rings is 1. The van der Waals surface area contributed by atoms with Gasteiger partial charge < -0.3 is 0 Å². The second-order valence-electron chi connectivity index (χ2n) is 4.34. The first kappa shape index (κ1) is 14.7. The van der Waals surface area contributed by atoms with E-state index in [0.717, 1.165) is 8.28 Å². The molecule has 0 unspecified atom stereocenters. The van der Waals surface area contributed by atoms with Crippen LogP contribution in [0.15, 0.2) is 30.5 Å². The molecule has 106 valence electrons. The molecule has 0 spiro atoms. The van der Waals surface area contributed by atoms with Crippen molar-refractivity contribution in [3.8, 4) is 23.4 Å². The van der Waals surface area contributed by atoms with E-state index in [2.05, 4.69) is 4.98 Å². The topological polar surface area (TPSA) is 103 Å². The third-order valence-electron chi connectivity index (χ3n) is 2.79. The third-order valence-corrected chi connectivity index (χ3v) is 4.49. The van der Waals surface area contributed by atoms with E-state index in [1.807, 2.05) is 6.07 Å². The van der Waals surface area contributed by atoms with Crippen molar-refractivity contribution in [3.63, 3.8) is 0 Å². The molecule has 7 nitrogen and oxygen atoms in total. The van der Waals surface area contributed by atoms with Gasteiger partial charge in [0, 0.05) is 19.7 Å². The van der Waals surface area contributed by atoms with Crippen LogP contribution >= 0.6 is 0 Å². The Morgan fingerprint density at radius 2 is 1.76 bits per heavy atom. The molecule has 0 aliphatic heterocycles. The lowest BCUT2D eigenvalue weighted by atomic mass is 10.1. The van der Waals surface area contributed by atoms with Crippen LogP contribution in [0.3, 0.4) is 0 Å². The summed E-state index contributed by atoms with van der Waals surface area (Å²) in [6, 6.07) is 10.2. The summed E-state index contributed by atoms with van der Waals surface area (Å²) in [4.78, 5) is 4.02. The van der Waals surface area contributed by atoms with Crippen molar-refractivity contribution in [1.82, 2.24) is 13.3 Å². The van der Waals surface area contributed by atoms with Crippen LogP contribution in [0.25, 0.3) is 11.3 Å². The first-order chi connectivity index (χ1) is 9.90. The SMILES string of the molecule is CN(C)S(=O)(=O)n1cc(-c2ccc(C#N)cc2)nc1C#N. The van der Waals surface area contributed by atoms with Gasteiger partial charge in [0.15, 0.2) is 0 Å². The summed E-state index contributed by atoms with van der Waals surface area (Å²) >= 11 is 0. The zero-order valence-electron chi connectivity index (χ0n) is 11.3. The first-order valence-electron chi connectivity index (χ1n) is 5.83. The van der Waals surface area contributed by atoms with E-state index in [9.17, 15) is 8.42 Å². The lowest BCUT2D eigenvalue weighted by Crippen LogP contribution is -2.29. The van der Waals surface area contributed by atoms with Gasteiger partial charge >= 0.3 is 10.2 Å². The summed E-state index contributed by atoms with van der Waals surface area (Å²) < 4.78 is 26.1. The highest BCUT2D eigenvalue weighted by atomic mass is 32.2. The number of hydrogen-bond acceptors (Lipinski definition) is 5. The number of nitriles is 2. The molecule has 1 aromatic heterocycles. The van der Waals surface area contributed by atoms with Crippen molar-refractivity contribution in [3.05, 3.63) is 41.9 Å². The first-order valence-corrected chi connectivity index (χ1v) is 7.23. The second kappa shape index (κ2) is 5.37. The number of nitrogens with zero attached hydrogens (tertiary/aromatic N) is 5. The van der Waals surface area contributed by atoms with Gasteiger partial charge in [-0.25, -0.2) is 8.96 Å². The largest absolute Gasteiger partial charge is 0.309 e. The number of imidazole rings is 1. The van der Waals surface area contributed by atoms with Crippen molar-refractivity contribution >= 4 is 10.2 Å². The molecule has 0 saturated heterocycles. The van der Waals surface area contributed by atoms with E-state index in [-0.39, 0.29) is 5.82 Å². The Balaban J connectivity index is 2.56. The van der Waals surface area contributed by atoms with Crippen LogP contribution in [0.2, 0.25) is 0 Å². The van der Waals surface area contributed by atoms with Gasteiger partial charge in [0.1, 0.15) is 6.07 Å². The van der Waals surface area contributed by atoms with Crippen LogP contribution in [-0.2, 0) is 10.2 Å². The van der Waals surface area contributed by atoms with Crippen LogP contribution < -0.4 is 0 Å². The van der Waals surface area contributed by atoms with Crippen molar-refractivity contribution < 1.29 is 8.42 Å². The van der Waals surface area contributed by atoms with Gasteiger partial charge in [-0.2, -0.15) is 23.2 Å². The predicted octanol–water partition coefficient (Wildman–Crippen LogP) is 0.948. The van der Waals surface area contributed by atoms with Crippen molar-refractivity contribution in [1.29, 1.82) is 10.5 Å². The summed E-state index contributed by atoms with van der Waals surface area (Å²) in [6.45, 7) is 0. The van der Waals surface area contributed by atoms with Gasteiger partial charge in [-0.15, -0.1) is 0 Å². The van der Waals surface area contributed by atoms with Gasteiger partial charge in [0.05, 0.1) is 23.5 Å². The molecule has 1 heterocycles. The Kier molecular flexibility index (Phi) is 3.76. The lowest BCUT2D eigenvalue weighted by Gasteiger charge is -2.11. The van der Waals surface area contributed by atoms with Gasteiger partial charge in [-0.1, -0.05) is 12.1 Å². The smallest absolute Gasteiger partial charge is 0.218 e. The van der Waals surface area contributed by atoms with E-state index in [1.54, 1.807) is 30.3 Å². The van der Waals surface area contributed by atoms with E-state index in [1.165, 1.54) is 20.3 Å². The quantitative estimate of drug-likeness (QED) is 0.839. The van der Waals surface area contributed by atoms with Crippen LogP contribution in [0.4, 0.5) is 0 Å². The summed E-state index contributed by atoms with van der Waals surface area (Å²) in [6.07, 6.45) is 1.29. The molecule has 0 aliphatic carbocycles.